The second-order valence-electron chi connectivity index (χ2n) is 3.67. The standard InChI is InChI=1S/C11H13N5O/c1-16-7-8(5-15-16)4-14-11(17)9-2-3-13-6-10(9)12/h2-3,5-7H,4,12H2,1H3,(H,14,17). The number of rotatable bonds is 3. The average Bonchev–Trinajstić information content (AvgIpc) is 2.73. The molecule has 2 rings (SSSR count). The fourth-order valence-corrected chi connectivity index (χ4v) is 1.45. The molecule has 0 spiro atoms. The first-order valence-electron chi connectivity index (χ1n) is 5.12. The van der Waals surface area contributed by atoms with Gasteiger partial charge in [0, 0.05) is 31.5 Å². The number of nitrogen functional groups attached to an aromatic ring is 1. The monoisotopic (exact) mass is 231 g/mol. The highest BCUT2D eigenvalue weighted by molar-refractivity contribution is 5.98. The number of anilines is 1. The van der Waals surface area contributed by atoms with Crippen LogP contribution in [0.3, 0.4) is 0 Å². The number of carbonyl (C=O) groups is 1. The second kappa shape index (κ2) is 4.65. The molecule has 17 heavy (non-hydrogen) atoms. The van der Waals surface area contributed by atoms with Crippen molar-refractivity contribution in [1.82, 2.24) is 20.1 Å². The average molecular weight is 231 g/mol. The van der Waals surface area contributed by atoms with Gasteiger partial charge in [-0.1, -0.05) is 0 Å². The normalized spacial score (nSPS) is 10.2. The molecule has 88 valence electrons. The molecule has 2 aromatic heterocycles. The van der Waals surface area contributed by atoms with E-state index < -0.39 is 0 Å². The van der Waals surface area contributed by atoms with E-state index in [0.29, 0.717) is 17.8 Å². The zero-order chi connectivity index (χ0) is 12.3. The fourth-order valence-electron chi connectivity index (χ4n) is 1.45. The van der Waals surface area contributed by atoms with E-state index in [1.165, 1.54) is 12.4 Å². The van der Waals surface area contributed by atoms with Gasteiger partial charge in [0.1, 0.15) is 0 Å². The number of hydrogen-bond acceptors (Lipinski definition) is 4. The fraction of sp³-hybridized carbons (Fsp3) is 0.182. The van der Waals surface area contributed by atoms with Crippen LogP contribution in [0, 0.1) is 0 Å². The lowest BCUT2D eigenvalue weighted by Gasteiger charge is -2.05. The summed E-state index contributed by atoms with van der Waals surface area (Å²) < 4.78 is 1.68. The summed E-state index contributed by atoms with van der Waals surface area (Å²) >= 11 is 0. The van der Waals surface area contributed by atoms with Crippen LogP contribution in [0.4, 0.5) is 5.69 Å². The number of pyridine rings is 1. The van der Waals surface area contributed by atoms with E-state index in [0.717, 1.165) is 5.56 Å². The van der Waals surface area contributed by atoms with Crippen LogP contribution in [0.2, 0.25) is 0 Å². The number of amides is 1. The van der Waals surface area contributed by atoms with Crippen molar-refractivity contribution in [3.05, 3.63) is 42.0 Å². The van der Waals surface area contributed by atoms with Crippen LogP contribution in [0.5, 0.6) is 0 Å². The minimum atomic E-state index is -0.214. The molecule has 0 fully saturated rings. The maximum absolute atomic E-state index is 11.8. The molecule has 0 radical (unpaired) electrons. The van der Waals surface area contributed by atoms with Crippen LogP contribution in [-0.2, 0) is 13.6 Å². The van der Waals surface area contributed by atoms with Crippen molar-refractivity contribution >= 4 is 11.6 Å². The van der Waals surface area contributed by atoms with Crippen LogP contribution >= 0.6 is 0 Å². The Labute approximate surface area is 98.5 Å². The molecule has 0 aliphatic rings. The van der Waals surface area contributed by atoms with E-state index in [1.54, 1.807) is 16.9 Å². The Kier molecular flexibility index (Phi) is 3.04. The number of aryl methyl sites for hydroxylation is 1. The van der Waals surface area contributed by atoms with Crippen molar-refractivity contribution in [2.75, 3.05) is 5.73 Å². The van der Waals surface area contributed by atoms with Crippen molar-refractivity contribution in [3.63, 3.8) is 0 Å². The van der Waals surface area contributed by atoms with E-state index in [9.17, 15) is 4.79 Å². The third-order valence-corrected chi connectivity index (χ3v) is 2.31. The molecule has 0 atom stereocenters. The zero-order valence-corrected chi connectivity index (χ0v) is 9.42. The van der Waals surface area contributed by atoms with E-state index in [1.807, 2.05) is 13.2 Å². The van der Waals surface area contributed by atoms with Crippen molar-refractivity contribution in [2.24, 2.45) is 7.05 Å². The summed E-state index contributed by atoms with van der Waals surface area (Å²) in [5.74, 6) is -0.214. The second-order valence-corrected chi connectivity index (χ2v) is 3.67. The lowest BCUT2D eigenvalue weighted by molar-refractivity contribution is 0.0951. The summed E-state index contributed by atoms with van der Waals surface area (Å²) in [5.41, 5.74) is 7.40. The maximum atomic E-state index is 11.8. The van der Waals surface area contributed by atoms with E-state index >= 15 is 0 Å². The Morgan fingerprint density at radius 1 is 1.53 bits per heavy atom. The van der Waals surface area contributed by atoms with Gasteiger partial charge >= 0.3 is 0 Å². The van der Waals surface area contributed by atoms with E-state index in [-0.39, 0.29) is 5.91 Å². The molecule has 3 N–H and O–H groups in total. The van der Waals surface area contributed by atoms with Crippen molar-refractivity contribution in [3.8, 4) is 0 Å². The van der Waals surface area contributed by atoms with E-state index in [4.69, 9.17) is 5.73 Å². The van der Waals surface area contributed by atoms with Crippen molar-refractivity contribution < 1.29 is 4.79 Å². The predicted octanol–water partition coefficient (Wildman–Crippen LogP) is 0.327. The summed E-state index contributed by atoms with van der Waals surface area (Å²) in [4.78, 5) is 15.6. The van der Waals surface area contributed by atoms with Gasteiger partial charge in [-0.25, -0.2) is 0 Å². The highest BCUT2D eigenvalue weighted by Crippen LogP contribution is 2.08. The molecule has 0 unspecified atom stereocenters. The molecule has 0 saturated heterocycles. The third kappa shape index (κ3) is 2.60. The van der Waals surface area contributed by atoms with Crippen LogP contribution in [0.1, 0.15) is 15.9 Å². The van der Waals surface area contributed by atoms with Crippen LogP contribution < -0.4 is 11.1 Å². The molecule has 2 heterocycles. The lowest BCUT2D eigenvalue weighted by atomic mass is 10.2. The van der Waals surface area contributed by atoms with Gasteiger partial charge in [0.05, 0.1) is 23.6 Å². The molecule has 0 bridgehead atoms. The minimum Gasteiger partial charge on any atom is -0.397 e. The molecular formula is C11H13N5O. The third-order valence-electron chi connectivity index (χ3n) is 2.31. The number of carbonyl (C=O) groups excluding carboxylic acids is 1. The van der Waals surface area contributed by atoms with Crippen molar-refractivity contribution in [2.45, 2.75) is 6.54 Å². The van der Waals surface area contributed by atoms with Gasteiger partial charge in [-0.2, -0.15) is 5.10 Å². The van der Waals surface area contributed by atoms with Gasteiger partial charge in [0.25, 0.3) is 5.91 Å². The first-order chi connectivity index (χ1) is 8.16. The Bertz CT molecular complexity index is 534. The Morgan fingerprint density at radius 2 is 2.35 bits per heavy atom. The summed E-state index contributed by atoms with van der Waals surface area (Å²) in [7, 11) is 1.83. The number of hydrogen-bond donors (Lipinski definition) is 2. The topological polar surface area (TPSA) is 85.8 Å². The SMILES string of the molecule is Cn1cc(CNC(=O)c2ccncc2N)cn1. The van der Waals surface area contributed by atoms with Crippen molar-refractivity contribution in [1.29, 1.82) is 0 Å². The van der Waals surface area contributed by atoms with Gasteiger partial charge in [-0.3, -0.25) is 14.5 Å². The molecule has 2 aromatic rings. The predicted molar refractivity (Wildman–Crippen MR) is 63.0 cm³/mol. The summed E-state index contributed by atoms with van der Waals surface area (Å²) in [6.07, 6.45) is 6.54. The Morgan fingerprint density at radius 3 is 3.00 bits per heavy atom. The van der Waals surface area contributed by atoms with Crippen LogP contribution in [-0.4, -0.2) is 20.7 Å². The Hall–Kier alpha value is -2.37. The van der Waals surface area contributed by atoms with Crippen LogP contribution in [0.15, 0.2) is 30.9 Å². The van der Waals surface area contributed by atoms with Gasteiger partial charge in [0.15, 0.2) is 0 Å². The quantitative estimate of drug-likeness (QED) is 0.797. The molecule has 0 aromatic carbocycles. The van der Waals surface area contributed by atoms with E-state index in [2.05, 4.69) is 15.4 Å². The Balaban J connectivity index is 2.01. The minimum absolute atomic E-state index is 0.214. The smallest absolute Gasteiger partial charge is 0.253 e. The molecule has 6 heteroatoms. The zero-order valence-electron chi connectivity index (χ0n) is 9.42. The molecule has 6 nitrogen and oxygen atoms in total. The number of nitrogens with two attached hydrogens (primary N) is 1. The van der Waals surface area contributed by atoms with Gasteiger partial charge in [-0.15, -0.1) is 0 Å². The number of aromatic nitrogens is 3. The van der Waals surface area contributed by atoms with Gasteiger partial charge in [-0.05, 0) is 6.07 Å². The largest absolute Gasteiger partial charge is 0.397 e. The first kappa shape index (κ1) is 11.1. The molecule has 0 aliphatic heterocycles. The highest BCUT2D eigenvalue weighted by Gasteiger charge is 2.08. The molecule has 1 amide bonds. The first-order valence-corrected chi connectivity index (χ1v) is 5.12. The highest BCUT2D eigenvalue weighted by atomic mass is 16.1. The summed E-state index contributed by atoms with van der Waals surface area (Å²) in [6, 6.07) is 1.59. The van der Waals surface area contributed by atoms with Gasteiger partial charge in [0.2, 0.25) is 0 Å². The summed E-state index contributed by atoms with van der Waals surface area (Å²) in [5, 5.41) is 6.78. The molecular weight excluding hydrogens is 218 g/mol. The van der Waals surface area contributed by atoms with Crippen LogP contribution in [0.25, 0.3) is 0 Å². The number of nitrogens with one attached hydrogen (secondary N) is 1. The molecule has 0 saturated carbocycles. The maximum Gasteiger partial charge on any atom is 0.253 e. The van der Waals surface area contributed by atoms with Gasteiger partial charge < -0.3 is 11.1 Å². The molecule has 0 aliphatic carbocycles. The lowest BCUT2D eigenvalue weighted by Crippen LogP contribution is -2.23. The summed E-state index contributed by atoms with van der Waals surface area (Å²) in [6.45, 7) is 0.425. The number of nitrogens with zero attached hydrogens (tertiary/aromatic N) is 3.